The Labute approximate surface area is 174 Å². The lowest BCUT2D eigenvalue weighted by atomic mass is 10.1. The molecule has 0 fully saturated rings. The summed E-state index contributed by atoms with van der Waals surface area (Å²) in [4.78, 5) is 14.6. The molecule has 152 valence electrons. The zero-order valence-electron chi connectivity index (χ0n) is 17.5. The second kappa shape index (κ2) is 11.6. The van der Waals surface area contributed by atoms with Gasteiger partial charge >= 0.3 is 0 Å². The first-order valence-corrected chi connectivity index (χ1v) is 10.2. The van der Waals surface area contributed by atoms with Gasteiger partial charge in [0.2, 0.25) is 0 Å². The zero-order valence-corrected chi connectivity index (χ0v) is 17.5. The highest BCUT2D eigenvalue weighted by molar-refractivity contribution is 6.06. The lowest BCUT2D eigenvalue weighted by Gasteiger charge is -2.21. The fraction of sp³-hybridized carbons (Fsp3) is 0.333. The Morgan fingerprint density at radius 3 is 2.17 bits per heavy atom. The van der Waals surface area contributed by atoms with Crippen LogP contribution in [0.15, 0.2) is 60.3 Å². The minimum Gasteiger partial charge on any atom is -0.372 e. The summed E-state index contributed by atoms with van der Waals surface area (Å²) in [5.74, 6) is -0.430. The van der Waals surface area contributed by atoms with Crippen LogP contribution in [0.3, 0.4) is 0 Å². The summed E-state index contributed by atoms with van der Waals surface area (Å²) in [6, 6.07) is 17.6. The summed E-state index contributed by atoms with van der Waals surface area (Å²) in [5.41, 5.74) is 3.91. The molecule has 0 aliphatic heterocycles. The summed E-state index contributed by atoms with van der Waals surface area (Å²) in [6.45, 7) is 8.30. The number of anilines is 3. The molecule has 2 aromatic carbocycles. The van der Waals surface area contributed by atoms with E-state index in [0.29, 0.717) is 5.69 Å². The van der Waals surface area contributed by atoms with E-state index in [2.05, 4.69) is 36.3 Å². The molecule has 0 unspecified atom stereocenters. The monoisotopic (exact) mass is 390 g/mol. The van der Waals surface area contributed by atoms with Crippen LogP contribution < -0.4 is 15.5 Å². The summed E-state index contributed by atoms with van der Waals surface area (Å²) in [6.07, 6.45) is 4.77. The van der Waals surface area contributed by atoms with Crippen molar-refractivity contribution in [3.05, 3.63) is 65.9 Å². The van der Waals surface area contributed by atoms with Gasteiger partial charge in [0.15, 0.2) is 0 Å². The Balaban J connectivity index is 1.98. The van der Waals surface area contributed by atoms with Crippen molar-refractivity contribution in [1.29, 1.82) is 5.26 Å². The number of rotatable bonds is 10. The van der Waals surface area contributed by atoms with Crippen LogP contribution in [0, 0.1) is 11.3 Å². The average molecular weight is 391 g/mol. The van der Waals surface area contributed by atoms with Crippen LogP contribution >= 0.6 is 0 Å². The van der Waals surface area contributed by atoms with Crippen molar-refractivity contribution in [1.82, 2.24) is 0 Å². The maximum atomic E-state index is 12.4. The molecule has 5 heteroatoms. The van der Waals surface area contributed by atoms with Gasteiger partial charge in [0, 0.05) is 36.4 Å². The van der Waals surface area contributed by atoms with Crippen molar-refractivity contribution in [3.8, 4) is 6.07 Å². The van der Waals surface area contributed by atoms with E-state index in [1.165, 1.54) is 11.8 Å². The molecule has 1 amide bonds. The number of aryl methyl sites for hydroxylation is 1. The molecule has 5 nitrogen and oxygen atoms in total. The SMILES string of the molecule is CCCCc1ccc(NC(=O)/C(C#N)=C\Nc2ccc(N(CC)CC)cc2)cc1. The third kappa shape index (κ3) is 6.69. The van der Waals surface area contributed by atoms with E-state index in [-0.39, 0.29) is 5.57 Å². The topological polar surface area (TPSA) is 68.2 Å². The van der Waals surface area contributed by atoms with Gasteiger partial charge in [-0.2, -0.15) is 5.26 Å². The van der Waals surface area contributed by atoms with Crippen LogP contribution in [0.1, 0.15) is 39.2 Å². The lowest BCUT2D eigenvalue weighted by molar-refractivity contribution is -0.112. The van der Waals surface area contributed by atoms with Gasteiger partial charge in [-0.05, 0) is 68.7 Å². The number of carbonyl (C=O) groups excluding carboxylic acids is 1. The van der Waals surface area contributed by atoms with E-state index in [9.17, 15) is 10.1 Å². The molecule has 29 heavy (non-hydrogen) atoms. The maximum Gasteiger partial charge on any atom is 0.267 e. The van der Waals surface area contributed by atoms with Crippen molar-refractivity contribution in [2.45, 2.75) is 40.0 Å². The number of nitriles is 1. The predicted octanol–water partition coefficient (Wildman–Crippen LogP) is 5.33. The van der Waals surface area contributed by atoms with Gasteiger partial charge in [-0.1, -0.05) is 25.5 Å². The standard InChI is InChI=1S/C24H30N4O/c1-4-7-8-19-9-11-22(12-10-19)27-24(29)20(17-25)18-26-21-13-15-23(16-14-21)28(5-2)6-3/h9-16,18,26H,4-8H2,1-3H3,(H,27,29)/b20-18-. The first-order valence-electron chi connectivity index (χ1n) is 10.2. The molecule has 0 atom stereocenters. The normalized spacial score (nSPS) is 10.9. The number of hydrogen-bond donors (Lipinski definition) is 2. The second-order valence-corrected chi connectivity index (χ2v) is 6.79. The first kappa shape index (κ1) is 22.0. The van der Waals surface area contributed by atoms with Gasteiger partial charge in [-0.15, -0.1) is 0 Å². The van der Waals surface area contributed by atoms with Crippen LogP contribution in [0.25, 0.3) is 0 Å². The van der Waals surface area contributed by atoms with E-state index in [1.807, 2.05) is 54.6 Å². The number of carbonyl (C=O) groups is 1. The molecule has 0 aromatic heterocycles. The fourth-order valence-corrected chi connectivity index (χ4v) is 3.00. The van der Waals surface area contributed by atoms with Crippen LogP contribution in [0.4, 0.5) is 17.1 Å². The fourth-order valence-electron chi connectivity index (χ4n) is 3.00. The summed E-state index contributed by atoms with van der Waals surface area (Å²) >= 11 is 0. The first-order chi connectivity index (χ1) is 14.1. The molecule has 0 heterocycles. The molecule has 0 spiro atoms. The highest BCUT2D eigenvalue weighted by Gasteiger charge is 2.09. The van der Waals surface area contributed by atoms with Gasteiger partial charge in [0.1, 0.15) is 11.6 Å². The smallest absolute Gasteiger partial charge is 0.267 e. The number of amides is 1. The molecule has 2 rings (SSSR count). The molecule has 0 aliphatic carbocycles. The number of hydrogen-bond acceptors (Lipinski definition) is 4. The largest absolute Gasteiger partial charge is 0.372 e. The minimum atomic E-state index is -0.430. The predicted molar refractivity (Wildman–Crippen MR) is 121 cm³/mol. The third-order valence-corrected chi connectivity index (χ3v) is 4.77. The van der Waals surface area contributed by atoms with Gasteiger partial charge in [-0.3, -0.25) is 4.79 Å². The molecular formula is C24H30N4O. The Morgan fingerprint density at radius 1 is 1.00 bits per heavy atom. The van der Waals surface area contributed by atoms with Crippen molar-refractivity contribution < 1.29 is 4.79 Å². The molecule has 0 saturated heterocycles. The van der Waals surface area contributed by atoms with Crippen molar-refractivity contribution in [3.63, 3.8) is 0 Å². The van der Waals surface area contributed by atoms with Gasteiger partial charge in [0.25, 0.3) is 5.91 Å². The average Bonchev–Trinajstić information content (AvgIpc) is 2.75. The zero-order chi connectivity index (χ0) is 21.1. The van der Waals surface area contributed by atoms with Crippen LogP contribution in [-0.2, 0) is 11.2 Å². The van der Waals surface area contributed by atoms with E-state index >= 15 is 0 Å². The Hall–Kier alpha value is -3.26. The quantitative estimate of drug-likeness (QED) is 0.425. The molecule has 0 aliphatic rings. The highest BCUT2D eigenvalue weighted by Crippen LogP contribution is 2.18. The minimum absolute atomic E-state index is 0.0212. The molecule has 0 radical (unpaired) electrons. The Kier molecular flexibility index (Phi) is 8.78. The van der Waals surface area contributed by atoms with Crippen molar-refractivity contribution in [2.24, 2.45) is 0 Å². The molecule has 2 N–H and O–H groups in total. The van der Waals surface area contributed by atoms with E-state index in [1.54, 1.807) is 0 Å². The van der Waals surface area contributed by atoms with Gasteiger partial charge in [-0.25, -0.2) is 0 Å². The summed E-state index contributed by atoms with van der Waals surface area (Å²) in [7, 11) is 0. The summed E-state index contributed by atoms with van der Waals surface area (Å²) < 4.78 is 0. The van der Waals surface area contributed by atoms with Crippen molar-refractivity contribution in [2.75, 3.05) is 28.6 Å². The molecule has 0 saturated carbocycles. The van der Waals surface area contributed by atoms with E-state index < -0.39 is 5.91 Å². The van der Waals surface area contributed by atoms with Crippen molar-refractivity contribution >= 4 is 23.0 Å². The number of benzene rings is 2. The molecule has 2 aromatic rings. The number of unbranched alkanes of at least 4 members (excludes halogenated alkanes) is 1. The van der Waals surface area contributed by atoms with Crippen LogP contribution in [0.5, 0.6) is 0 Å². The lowest BCUT2D eigenvalue weighted by Crippen LogP contribution is -2.21. The third-order valence-electron chi connectivity index (χ3n) is 4.77. The van der Waals surface area contributed by atoms with Gasteiger partial charge < -0.3 is 15.5 Å². The summed E-state index contributed by atoms with van der Waals surface area (Å²) in [5, 5.41) is 15.2. The Bertz CT molecular complexity index is 844. The molecule has 0 bridgehead atoms. The van der Waals surface area contributed by atoms with Crippen LogP contribution in [-0.4, -0.2) is 19.0 Å². The second-order valence-electron chi connectivity index (χ2n) is 6.79. The molecular weight excluding hydrogens is 360 g/mol. The van der Waals surface area contributed by atoms with E-state index in [0.717, 1.165) is 43.7 Å². The maximum absolute atomic E-state index is 12.4. The van der Waals surface area contributed by atoms with E-state index in [4.69, 9.17) is 0 Å². The number of nitrogens with one attached hydrogen (secondary N) is 2. The Morgan fingerprint density at radius 2 is 1.62 bits per heavy atom. The van der Waals surface area contributed by atoms with Crippen LogP contribution in [0.2, 0.25) is 0 Å². The van der Waals surface area contributed by atoms with Gasteiger partial charge in [0.05, 0.1) is 0 Å². The highest BCUT2D eigenvalue weighted by atomic mass is 16.1. The number of nitrogens with zero attached hydrogens (tertiary/aromatic N) is 2.